The number of hydrogen-bond donors (Lipinski definition) is 2. The molecule has 13 heavy (non-hydrogen) atoms. The van der Waals surface area contributed by atoms with Crippen LogP contribution in [0.2, 0.25) is 0 Å². The van der Waals surface area contributed by atoms with Gasteiger partial charge in [-0.3, -0.25) is 15.1 Å². The van der Waals surface area contributed by atoms with Gasteiger partial charge in [-0.15, -0.1) is 0 Å². The van der Waals surface area contributed by atoms with Crippen LogP contribution in [0.1, 0.15) is 6.42 Å². The van der Waals surface area contributed by atoms with Gasteiger partial charge in [0.1, 0.15) is 0 Å². The Morgan fingerprint density at radius 3 is 2.85 bits per heavy atom. The number of likely N-dealkylation sites (N-methyl/N-ethyl adjacent to an activating group) is 1. The van der Waals surface area contributed by atoms with Gasteiger partial charge in [0.05, 0.1) is 6.54 Å². The highest BCUT2D eigenvalue weighted by atomic mass is 16.2. The number of nitrogens with one attached hydrogen (secondary N) is 1. The van der Waals surface area contributed by atoms with Crippen molar-refractivity contribution in [3.63, 3.8) is 0 Å². The molecule has 5 heteroatoms. The van der Waals surface area contributed by atoms with Crippen LogP contribution in [-0.4, -0.2) is 55.5 Å². The van der Waals surface area contributed by atoms with Crippen molar-refractivity contribution in [2.45, 2.75) is 6.42 Å². The molecule has 1 rings (SSSR count). The molecule has 0 aromatic carbocycles. The normalized spacial score (nSPS) is 21.1. The molecule has 0 atom stereocenters. The summed E-state index contributed by atoms with van der Waals surface area (Å²) in [5.74, 6) is 4.91. The Morgan fingerprint density at radius 2 is 2.15 bits per heavy atom. The van der Waals surface area contributed by atoms with Crippen LogP contribution in [0, 0.1) is 0 Å². The molecule has 0 spiro atoms. The minimum atomic E-state index is -0.107. The lowest BCUT2D eigenvalue weighted by Crippen LogP contribution is -2.41. The van der Waals surface area contributed by atoms with Gasteiger partial charge in [-0.25, -0.2) is 5.84 Å². The van der Waals surface area contributed by atoms with Gasteiger partial charge in [-0.05, 0) is 26.6 Å². The summed E-state index contributed by atoms with van der Waals surface area (Å²) in [5.41, 5.74) is 2.15. The first kappa shape index (κ1) is 10.4. The Morgan fingerprint density at radius 1 is 1.38 bits per heavy atom. The molecule has 5 nitrogen and oxygen atoms in total. The Balaban J connectivity index is 2.29. The van der Waals surface area contributed by atoms with Crippen molar-refractivity contribution < 1.29 is 4.79 Å². The predicted molar refractivity (Wildman–Crippen MR) is 50.9 cm³/mol. The molecular formula is C8H18N4O. The highest BCUT2D eigenvalue weighted by Crippen LogP contribution is 1.99. The van der Waals surface area contributed by atoms with Gasteiger partial charge in [0, 0.05) is 13.1 Å². The zero-order valence-electron chi connectivity index (χ0n) is 8.12. The third kappa shape index (κ3) is 3.71. The lowest BCUT2D eigenvalue weighted by atomic mass is 10.4. The van der Waals surface area contributed by atoms with E-state index in [1.165, 1.54) is 0 Å². The molecule has 1 fully saturated rings. The first-order chi connectivity index (χ1) is 6.22. The lowest BCUT2D eigenvalue weighted by molar-refractivity contribution is -0.122. The molecule has 1 saturated heterocycles. The SMILES string of the molecule is CN1CCCN(CC(=O)NN)CC1. The molecular weight excluding hydrogens is 168 g/mol. The summed E-state index contributed by atoms with van der Waals surface area (Å²) in [6.07, 6.45) is 1.12. The van der Waals surface area contributed by atoms with Crippen LogP contribution >= 0.6 is 0 Å². The second-order valence-electron chi connectivity index (χ2n) is 3.50. The van der Waals surface area contributed by atoms with Gasteiger partial charge >= 0.3 is 0 Å². The fraction of sp³-hybridized carbons (Fsp3) is 0.875. The lowest BCUT2D eigenvalue weighted by Gasteiger charge is -2.18. The fourth-order valence-corrected chi connectivity index (χ4v) is 1.51. The van der Waals surface area contributed by atoms with Gasteiger partial charge in [0.25, 0.3) is 0 Å². The van der Waals surface area contributed by atoms with E-state index >= 15 is 0 Å². The molecule has 1 aliphatic heterocycles. The number of carbonyl (C=O) groups is 1. The highest BCUT2D eigenvalue weighted by molar-refractivity contribution is 5.77. The van der Waals surface area contributed by atoms with Crippen LogP contribution in [-0.2, 0) is 4.79 Å². The van der Waals surface area contributed by atoms with Crippen LogP contribution in [0.5, 0.6) is 0 Å². The molecule has 0 unspecified atom stereocenters. The zero-order valence-corrected chi connectivity index (χ0v) is 8.12. The minimum Gasteiger partial charge on any atom is -0.305 e. The number of nitrogens with zero attached hydrogens (tertiary/aromatic N) is 2. The van der Waals surface area contributed by atoms with Crippen LogP contribution < -0.4 is 11.3 Å². The molecule has 0 bridgehead atoms. The van der Waals surface area contributed by atoms with Crippen molar-refractivity contribution in [1.29, 1.82) is 0 Å². The highest BCUT2D eigenvalue weighted by Gasteiger charge is 2.13. The van der Waals surface area contributed by atoms with Crippen molar-refractivity contribution in [2.75, 3.05) is 39.8 Å². The van der Waals surface area contributed by atoms with E-state index in [9.17, 15) is 4.79 Å². The van der Waals surface area contributed by atoms with Crippen molar-refractivity contribution in [1.82, 2.24) is 15.2 Å². The maximum Gasteiger partial charge on any atom is 0.248 e. The average molecular weight is 186 g/mol. The largest absolute Gasteiger partial charge is 0.305 e. The Kier molecular flexibility index (Phi) is 4.14. The van der Waals surface area contributed by atoms with E-state index in [4.69, 9.17) is 5.84 Å². The zero-order chi connectivity index (χ0) is 9.68. The monoisotopic (exact) mass is 186 g/mol. The third-order valence-corrected chi connectivity index (χ3v) is 2.34. The smallest absolute Gasteiger partial charge is 0.248 e. The minimum absolute atomic E-state index is 0.107. The van der Waals surface area contributed by atoms with E-state index in [0.29, 0.717) is 6.54 Å². The van der Waals surface area contributed by atoms with Crippen molar-refractivity contribution >= 4 is 5.91 Å². The topological polar surface area (TPSA) is 61.6 Å². The Labute approximate surface area is 78.8 Å². The quantitative estimate of drug-likeness (QED) is 0.317. The number of amides is 1. The fourth-order valence-electron chi connectivity index (χ4n) is 1.51. The first-order valence-electron chi connectivity index (χ1n) is 4.62. The summed E-state index contributed by atoms with van der Waals surface area (Å²) in [6, 6.07) is 0. The number of carbonyl (C=O) groups excluding carboxylic acids is 1. The van der Waals surface area contributed by atoms with E-state index in [2.05, 4.69) is 22.3 Å². The van der Waals surface area contributed by atoms with Gasteiger partial charge in [-0.1, -0.05) is 0 Å². The van der Waals surface area contributed by atoms with Crippen molar-refractivity contribution in [2.24, 2.45) is 5.84 Å². The van der Waals surface area contributed by atoms with Crippen molar-refractivity contribution in [3.8, 4) is 0 Å². The molecule has 0 aromatic heterocycles. The first-order valence-corrected chi connectivity index (χ1v) is 4.62. The number of hydrazine groups is 1. The molecule has 0 radical (unpaired) electrons. The molecule has 76 valence electrons. The maximum absolute atomic E-state index is 11.0. The summed E-state index contributed by atoms with van der Waals surface area (Å²) >= 11 is 0. The molecule has 0 aliphatic carbocycles. The summed E-state index contributed by atoms with van der Waals surface area (Å²) in [7, 11) is 2.10. The second-order valence-corrected chi connectivity index (χ2v) is 3.50. The Bertz CT molecular complexity index is 174. The molecule has 3 N–H and O–H groups in total. The second kappa shape index (κ2) is 5.16. The van der Waals surface area contributed by atoms with E-state index in [1.54, 1.807) is 0 Å². The number of hydrogen-bond acceptors (Lipinski definition) is 4. The van der Waals surface area contributed by atoms with Gasteiger partial charge in [0.2, 0.25) is 5.91 Å². The molecule has 0 saturated carbocycles. The van der Waals surface area contributed by atoms with Crippen molar-refractivity contribution in [3.05, 3.63) is 0 Å². The van der Waals surface area contributed by atoms with Crippen LogP contribution in [0.25, 0.3) is 0 Å². The molecule has 0 aromatic rings. The molecule has 1 amide bonds. The number of rotatable bonds is 2. The van der Waals surface area contributed by atoms with E-state index in [0.717, 1.165) is 32.6 Å². The molecule has 1 heterocycles. The summed E-state index contributed by atoms with van der Waals surface area (Å²) in [4.78, 5) is 15.4. The predicted octanol–water partition coefficient (Wildman–Crippen LogP) is -1.39. The number of nitrogens with two attached hydrogens (primary N) is 1. The standard InChI is InChI=1S/C8H18N4O/c1-11-3-2-4-12(6-5-11)7-8(13)10-9/h2-7,9H2,1H3,(H,10,13). The summed E-state index contributed by atoms with van der Waals surface area (Å²) in [6.45, 7) is 4.49. The van der Waals surface area contributed by atoms with E-state index in [-0.39, 0.29) is 5.91 Å². The van der Waals surface area contributed by atoms with Crippen LogP contribution in [0.4, 0.5) is 0 Å². The summed E-state index contributed by atoms with van der Waals surface area (Å²) < 4.78 is 0. The van der Waals surface area contributed by atoms with E-state index in [1.807, 2.05) is 0 Å². The van der Waals surface area contributed by atoms with Crippen LogP contribution in [0.15, 0.2) is 0 Å². The average Bonchev–Trinajstić information content (AvgIpc) is 2.31. The third-order valence-electron chi connectivity index (χ3n) is 2.34. The Hall–Kier alpha value is -0.650. The van der Waals surface area contributed by atoms with Gasteiger partial charge in [-0.2, -0.15) is 0 Å². The maximum atomic E-state index is 11.0. The van der Waals surface area contributed by atoms with Gasteiger partial charge < -0.3 is 4.90 Å². The van der Waals surface area contributed by atoms with E-state index < -0.39 is 0 Å². The van der Waals surface area contributed by atoms with Gasteiger partial charge in [0.15, 0.2) is 0 Å². The molecule has 1 aliphatic rings. The van der Waals surface area contributed by atoms with Crippen LogP contribution in [0.3, 0.4) is 0 Å². The summed E-state index contributed by atoms with van der Waals surface area (Å²) in [5, 5.41) is 0.